The Hall–Kier alpha value is -1.00. The van der Waals surface area contributed by atoms with Crippen LogP contribution in [-0.2, 0) is 4.74 Å². The van der Waals surface area contributed by atoms with Crippen molar-refractivity contribution in [2.75, 3.05) is 13.2 Å². The maximum atomic E-state index is 13.9. The summed E-state index contributed by atoms with van der Waals surface area (Å²) < 4.78 is 33.6. The lowest BCUT2D eigenvalue weighted by atomic mass is 9.88. The lowest BCUT2D eigenvalue weighted by molar-refractivity contribution is -0.0331. The number of hydrogen-bond donors (Lipinski definition) is 1. The topological polar surface area (TPSA) is 21.3 Å². The average molecular weight is 283 g/mol. The van der Waals surface area contributed by atoms with Gasteiger partial charge < -0.3 is 10.1 Å². The van der Waals surface area contributed by atoms with Crippen molar-refractivity contribution >= 4 is 0 Å². The number of rotatable bonds is 3. The molecule has 0 amide bonds. The van der Waals surface area contributed by atoms with Crippen molar-refractivity contribution in [3.05, 3.63) is 35.4 Å². The van der Waals surface area contributed by atoms with Crippen LogP contribution in [-0.4, -0.2) is 18.7 Å². The van der Waals surface area contributed by atoms with Crippen LogP contribution in [0.4, 0.5) is 8.78 Å². The predicted octanol–water partition coefficient (Wildman–Crippen LogP) is 3.82. The maximum Gasteiger partial charge on any atom is 0.131 e. The zero-order chi connectivity index (χ0) is 14.8. The minimum absolute atomic E-state index is 0.0181. The first-order valence-corrected chi connectivity index (χ1v) is 7.19. The Labute approximate surface area is 119 Å². The molecular weight excluding hydrogens is 260 g/mol. The van der Waals surface area contributed by atoms with E-state index in [-0.39, 0.29) is 17.0 Å². The van der Waals surface area contributed by atoms with Crippen molar-refractivity contribution in [3.8, 4) is 0 Å². The Kier molecular flexibility index (Phi) is 4.76. The van der Waals surface area contributed by atoms with Crippen molar-refractivity contribution in [1.82, 2.24) is 5.32 Å². The van der Waals surface area contributed by atoms with Crippen LogP contribution < -0.4 is 5.32 Å². The summed E-state index contributed by atoms with van der Waals surface area (Å²) in [5.41, 5.74) is 0.0587. The fraction of sp³-hybridized carbons (Fsp3) is 0.625. The first-order valence-electron chi connectivity index (χ1n) is 7.19. The van der Waals surface area contributed by atoms with Gasteiger partial charge in [-0.2, -0.15) is 0 Å². The van der Waals surface area contributed by atoms with Gasteiger partial charge in [0.05, 0.1) is 11.7 Å². The summed E-state index contributed by atoms with van der Waals surface area (Å²) in [4.78, 5) is 0. The molecule has 4 heteroatoms. The molecule has 2 nitrogen and oxygen atoms in total. The van der Waals surface area contributed by atoms with Crippen LogP contribution in [0.5, 0.6) is 0 Å². The lowest BCUT2D eigenvalue weighted by Gasteiger charge is -2.34. The van der Waals surface area contributed by atoms with Crippen molar-refractivity contribution in [3.63, 3.8) is 0 Å². The van der Waals surface area contributed by atoms with Crippen LogP contribution in [0.3, 0.4) is 0 Å². The van der Waals surface area contributed by atoms with Crippen molar-refractivity contribution in [2.45, 2.75) is 45.3 Å². The first kappa shape index (κ1) is 15.4. The van der Waals surface area contributed by atoms with E-state index in [1.807, 2.05) is 0 Å². The molecule has 112 valence electrons. The van der Waals surface area contributed by atoms with E-state index in [9.17, 15) is 8.78 Å². The van der Waals surface area contributed by atoms with E-state index in [1.165, 1.54) is 18.2 Å². The first-order chi connectivity index (χ1) is 9.38. The minimum atomic E-state index is -0.516. The fourth-order valence-corrected chi connectivity index (χ4v) is 2.59. The molecular formula is C16H23F2NO. The number of nitrogens with one attached hydrogen (secondary N) is 1. The van der Waals surface area contributed by atoms with Crippen molar-refractivity contribution in [2.24, 2.45) is 5.92 Å². The highest BCUT2D eigenvalue weighted by atomic mass is 19.1. The molecule has 0 bridgehead atoms. The molecule has 0 spiro atoms. The lowest BCUT2D eigenvalue weighted by Crippen LogP contribution is -2.42. The third-order valence-corrected chi connectivity index (χ3v) is 3.62. The second kappa shape index (κ2) is 6.19. The molecule has 0 aromatic heterocycles. The summed E-state index contributed by atoms with van der Waals surface area (Å²) in [6.45, 7) is 7.49. The van der Waals surface area contributed by atoms with Gasteiger partial charge >= 0.3 is 0 Å². The number of ether oxygens (including phenoxy) is 1. The Morgan fingerprint density at radius 3 is 2.50 bits per heavy atom. The molecule has 2 unspecified atom stereocenters. The van der Waals surface area contributed by atoms with E-state index in [2.05, 4.69) is 26.1 Å². The average Bonchev–Trinajstić information content (AvgIpc) is 2.36. The monoisotopic (exact) mass is 283 g/mol. The molecule has 1 aromatic rings. The molecule has 2 rings (SSSR count). The molecule has 1 aliphatic rings. The largest absolute Gasteiger partial charge is 0.373 e. The second-order valence-corrected chi connectivity index (χ2v) is 6.46. The predicted molar refractivity (Wildman–Crippen MR) is 75.5 cm³/mol. The molecule has 1 fully saturated rings. The van der Waals surface area contributed by atoms with Gasteiger partial charge in [0.25, 0.3) is 0 Å². The number of benzene rings is 1. The number of hydrogen-bond acceptors (Lipinski definition) is 2. The van der Waals surface area contributed by atoms with Crippen LogP contribution in [0.2, 0.25) is 0 Å². The highest BCUT2D eigenvalue weighted by Crippen LogP contribution is 2.36. The molecule has 1 heterocycles. The molecule has 2 atom stereocenters. The van der Waals surface area contributed by atoms with E-state index in [1.54, 1.807) is 0 Å². The summed E-state index contributed by atoms with van der Waals surface area (Å²) in [6.07, 6.45) is 1.35. The van der Waals surface area contributed by atoms with Gasteiger partial charge in [-0.3, -0.25) is 0 Å². The van der Waals surface area contributed by atoms with Crippen LogP contribution >= 0.6 is 0 Å². The molecule has 0 radical (unpaired) electrons. The second-order valence-electron chi connectivity index (χ2n) is 6.46. The van der Waals surface area contributed by atoms with E-state index in [4.69, 9.17) is 4.74 Å². The van der Waals surface area contributed by atoms with Gasteiger partial charge in [0, 0.05) is 24.6 Å². The molecule has 0 aliphatic carbocycles. The van der Waals surface area contributed by atoms with Crippen molar-refractivity contribution < 1.29 is 13.5 Å². The highest BCUT2D eigenvalue weighted by molar-refractivity contribution is 5.23. The molecule has 1 N–H and O–H groups in total. The Balaban J connectivity index is 2.18. The Morgan fingerprint density at radius 1 is 1.25 bits per heavy atom. The van der Waals surface area contributed by atoms with Crippen LogP contribution in [0.15, 0.2) is 18.2 Å². The van der Waals surface area contributed by atoms with Gasteiger partial charge in [0.2, 0.25) is 0 Å². The zero-order valence-electron chi connectivity index (χ0n) is 12.4. The summed E-state index contributed by atoms with van der Waals surface area (Å²) in [5, 5.41) is 3.41. The van der Waals surface area contributed by atoms with Crippen molar-refractivity contribution in [1.29, 1.82) is 0 Å². The highest BCUT2D eigenvalue weighted by Gasteiger charge is 2.32. The van der Waals surface area contributed by atoms with Gasteiger partial charge in [-0.15, -0.1) is 0 Å². The van der Waals surface area contributed by atoms with Crippen LogP contribution in [0, 0.1) is 17.6 Å². The van der Waals surface area contributed by atoms with Crippen LogP contribution in [0.25, 0.3) is 0 Å². The molecule has 1 aliphatic heterocycles. The van der Waals surface area contributed by atoms with E-state index < -0.39 is 17.7 Å². The van der Waals surface area contributed by atoms with E-state index in [0.717, 1.165) is 12.8 Å². The molecule has 1 aromatic carbocycles. The zero-order valence-corrected chi connectivity index (χ0v) is 12.4. The van der Waals surface area contributed by atoms with E-state index in [0.29, 0.717) is 13.2 Å². The Morgan fingerprint density at radius 2 is 1.90 bits per heavy atom. The van der Waals surface area contributed by atoms with Gasteiger partial charge in [0.15, 0.2) is 0 Å². The third-order valence-electron chi connectivity index (χ3n) is 3.62. The summed E-state index contributed by atoms with van der Waals surface area (Å²) in [7, 11) is 0. The SMILES string of the molecule is CC(C)(C)NCC1CCCOC1c1c(F)cccc1F. The summed E-state index contributed by atoms with van der Waals surface area (Å²) >= 11 is 0. The van der Waals surface area contributed by atoms with Gasteiger partial charge in [-0.05, 0) is 45.7 Å². The fourth-order valence-electron chi connectivity index (χ4n) is 2.59. The van der Waals surface area contributed by atoms with Gasteiger partial charge in [0.1, 0.15) is 11.6 Å². The standard InChI is InChI=1S/C16H23F2NO/c1-16(2,3)19-10-11-6-5-9-20-15(11)14-12(17)7-4-8-13(14)18/h4,7-8,11,15,19H,5-6,9-10H2,1-3H3. The van der Waals surface area contributed by atoms with Crippen LogP contribution in [0.1, 0.15) is 45.3 Å². The minimum Gasteiger partial charge on any atom is -0.373 e. The molecule has 0 saturated carbocycles. The Bertz CT molecular complexity index is 436. The maximum absolute atomic E-state index is 13.9. The normalized spacial score (nSPS) is 23.9. The smallest absolute Gasteiger partial charge is 0.131 e. The summed E-state index contributed by atoms with van der Waals surface area (Å²) in [6, 6.07) is 3.98. The summed E-state index contributed by atoms with van der Waals surface area (Å²) in [5.74, 6) is -0.940. The van der Waals surface area contributed by atoms with Gasteiger partial charge in [-0.25, -0.2) is 8.78 Å². The third kappa shape index (κ3) is 3.76. The van der Waals surface area contributed by atoms with Gasteiger partial charge in [-0.1, -0.05) is 6.07 Å². The molecule has 20 heavy (non-hydrogen) atoms. The number of halogens is 2. The van der Waals surface area contributed by atoms with E-state index >= 15 is 0 Å². The molecule has 1 saturated heterocycles. The quantitative estimate of drug-likeness (QED) is 0.910.